The van der Waals surface area contributed by atoms with E-state index in [4.69, 9.17) is 23.8 Å². The lowest BCUT2D eigenvalue weighted by Crippen LogP contribution is -2.25. The first-order valence-electron chi connectivity index (χ1n) is 23.7. The van der Waals surface area contributed by atoms with Crippen LogP contribution in [-0.2, 0) is 5.41 Å². The smallest absolute Gasteiger partial charge is 0.165 e. The van der Waals surface area contributed by atoms with Gasteiger partial charge in [0.1, 0.15) is 22.3 Å². The Balaban J connectivity index is 1.00. The SMILES string of the molecule is c1ccc2c(c1)-c1ccccc1C21c2ccccc2-c2cc(-c3ccc4oc5ccccc5c4c3-c3nc(-c4cccc5c4sc4ccccc45)nc(-c4cccc5oc6ccccc6c45)n3)ccc21. The van der Waals surface area contributed by atoms with Crippen LogP contribution in [0.2, 0.25) is 0 Å². The first-order chi connectivity index (χ1) is 34.7. The predicted octanol–water partition coefficient (Wildman–Crippen LogP) is 17.0. The third kappa shape index (κ3) is 5.02. The highest BCUT2D eigenvalue weighted by Gasteiger charge is 2.51. The normalized spacial score (nSPS) is 13.3. The van der Waals surface area contributed by atoms with Crippen LogP contribution in [0.5, 0.6) is 0 Å². The largest absolute Gasteiger partial charge is 0.456 e. The standard InChI is InChI=1S/C64H35N3O2S/c1-7-24-48-38(15-1)39-16-2-8-25-49(39)64(48)50-26-9-3-17-40(50)47-35-36(31-33-51(47)64)37-32-34-55-58(44-20-5-11-28-53(44)69-55)59(37)63-66-61(45-22-14-29-54-57(45)43-19-4-10-27-52(43)68-54)65-62(67-63)46-23-13-21-42-41-18-6-12-30-56(41)70-60(42)46/h1-35H. The van der Waals surface area contributed by atoms with Gasteiger partial charge in [-0.3, -0.25) is 0 Å². The molecule has 5 nitrogen and oxygen atoms in total. The number of hydrogen-bond donors (Lipinski definition) is 0. The highest BCUT2D eigenvalue weighted by molar-refractivity contribution is 7.26. The van der Waals surface area contributed by atoms with Crippen molar-refractivity contribution in [3.8, 4) is 67.5 Å². The van der Waals surface area contributed by atoms with Crippen LogP contribution in [0.1, 0.15) is 22.3 Å². The van der Waals surface area contributed by atoms with Gasteiger partial charge in [-0.05, 0) is 104 Å². The van der Waals surface area contributed by atoms with Crippen molar-refractivity contribution in [2.45, 2.75) is 5.41 Å². The van der Waals surface area contributed by atoms with E-state index in [-0.39, 0.29) is 0 Å². The molecule has 0 saturated heterocycles. The van der Waals surface area contributed by atoms with E-state index < -0.39 is 5.41 Å². The average molecular weight is 910 g/mol. The monoisotopic (exact) mass is 909 g/mol. The quantitative estimate of drug-likeness (QED) is 0.176. The highest BCUT2D eigenvalue weighted by Crippen LogP contribution is 2.63. The summed E-state index contributed by atoms with van der Waals surface area (Å²) in [6.07, 6.45) is 0. The molecule has 0 fully saturated rings. The van der Waals surface area contributed by atoms with Crippen LogP contribution in [0.3, 0.4) is 0 Å². The van der Waals surface area contributed by atoms with Gasteiger partial charge in [0.2, 0.25) is 0 Å². The molecule has 2 aliphatic rings. The molecule has 0 atom stereocenters. The summed E-state index contributed by atoms with van der Waals surface area (Å²) in [7, 11) is 0. The minimum atomic E-state index is -0.449. The second-order valence-corrected chi connectivity index (χ2v) is 19.5. The number of nitrogens with zero attached hydrogens (tertiary/aromatic N) is 3. The second-order valence-electron chi connectivity index (χ2n) is 18.5. The maximum atomic E-state index is 6.69. The molecule has 6 heteroatoms. The summed E-state index contributed by atoms with van der Waals surface area (Å²) in [6.45, 7) is 0. The number of para-hydroxylation sites is 2. The first-order valence-corrected chi connectivity index (χ1v) is 24.5. The topological polar surface area (TPSA) is 65.0 Å². The summed E-state index contributed by atoms with van der Waals surface area (Å²) in [5.74, 6) is 1.72. The van der Waals surface area contributed by atoms with E-state index in [9.17, 15) is 0 Å². The molecule has 0 N–H and O–H groups in total. The van der Waals surface area contributed by atoms with Crippen LogP contribution >= 0.6 is 11.3 Å². The molecule has 16 rings (SSSR count). The molecule has 0 bridgehead atoms. The van der Waals surface area contributed by atoms with E-state index in [2.05, 4.69) is 176 Å². The molecular formula is C64H35N3O2S. The number of thiophene rings is 1. The lowest BCUT2D eigenvalue weighted by Gasteiger charge is -2.30. The molecule has 1 spiro atoms. The Bertz CT molecular complexity index is 4530. The first kappa shape index (κ1) is 38.0. The minimum Gasteiger partial charge on any atom is -0.456 e. The fraction of sp³-hybridized carbons (Fsp3) is 0.0156. The Morgan fingerprint density at radius 2 is 0.829 bits per heavy atom. The zero-order valence-electron chi connectivity index (χ0n) is 37.3. The summed E-state index contributed by atoms with van der Waals surface area (Å²) in [6, 6.07) is 76.0. The van der Waals surface area contributed by atoms with Gasteiger partial charge in [0.15, 0.2) is 17.5 Å². The summed E-state index contributed by atoms with van der Waals surface area (Å²) in [4.78, 5) is 16.7. The van der Waals surface area contributed by atoms with Crippen LogP contribution in [0.25, 0.3) is 132 Å². The molecule has 0 aliphatic heterocycles. The molecule has 0 unspecified atom stereocenters. The van der Waals surface area contributed by atoms with E-state index >= 15 is 0 Å². The number of rotatable bonds is 4. The van der Waals surface area contributed by atoms with E-state index in [1.807, 2.05) is 36.4 Å². The molecule has 4 heterocycles. The molecule has 14 aromatic rings. The Morgan fingerprint density at radius 1 is 0.329 bits per heavy atom. The molecule has 0 amide bonds. The number of furan rings is 2. The van der Waals surface area contributed by atoms with Gasteiger partial charge in [0.05, 0.1) is 5.41 Å². The van der Waals surface area contributed by atoms with E-state index in [0.717, 1.165) is 76.4 Å². The van der Waals surface area contributed by atoms with Crippen molar-refractivity contribution < 1.29 is 8.83 Å². The summed E-state index contributed by atoms with van der Waals surface area (Å²) < 4.78 is 15.5. The number of fused-ring (bicyclic) bond motifs is 19. The van der Waals surface area contributed by atoms with E-state index in [1.165, 1.54) is 60.0 Å². The maximum absolute atomic E-state index is 6.69. The molecule has 324 valence electrons. The molecule has 10 aromatic carbocycles. The van der Waals surface area contributed by atoms with E-state index in [0.29, 0.717) is 17.5 Å². The van der Waals surface area contributed by atoms with Crippen molar-refractivity contribution in [1.82, 2.24) is 15.0 Å². The Hall–Kier alpha value is -8.97. The molecular weight excluding hydrogens is 875 g/mol. The Morgan fingerprint density at radius 3 is 1.56 bits per heavy atom. The van der Waals surface area contributed by atoms with Crippen LogP contribution in [0.4, 0.5) is 0 Å². The Labute approximate surface area is 404 Å². The van der Waals surface area contributed by atoms with Gasteiger partial charge in [-0.2, -0.15) is 0 Å². The maximum Gasteiger partial charge on any atom is 0.165 e. The third-order valence-electron chi connectivity index (χ3n) is 15.0. The van der Waals surface area contributed by atoms with Crippen molar-refractivity contribution in [2.24, 2.45) is 0 Å². The van der Waals surface area contributed by atoms with Crippen molar-refractivity contribution in [3.63, 3.8) is 0 Å². The zero-order valence-corrected chi connectivity index (χ0v) is 38.1. The van der Waals surface area contributed by atoms with Crippen LogP contribution < -0.4 is 0 Å². The van der Waals surface area contributed by atoms with Crippen molar-refractivity contribution in [3.05, 3.63) is 235 Å². The number of aromatic nitrogens is 3. The fourth-order valence-electron chi connectivity index (χ4n) is 12.2. The van der Waals surface area contributed by atoms with E-state index in [1.54, 1.807) is 11.3 Å². The third-order valence-corrected chi connectivity index (χ3v) is 16.2. The van der Waals surface area contributed by atoms with Crippen molar-refractivity contribution in [2.75, 3.05) is 0 Å². The Kier molecular flexibility index (Phi) is 7.63. The highest BCUT2D eigenvalue weighted by atomic mass is 32.1. The lowest BCUT2D eigenvalue weighted by atomic mass is 9.70. The second kappa shape index (κ2) is 14.0. The predicted molar refractivity (Wildman–Crippen MR) is 285 cm³/mol. The van der Waals surface area contributed by atoms with Crippen LogP contribution in [0.15, 0.2) is 221 Å². The molecule has 4 aromatic heterocycles. The molecule has 0 radical (unpaired) electrons. The zero-order chi connectivity index (χ0) is 45.7. The minimum absolute atomic E-state index is 0.449. The average Bonchev–Trinajstić information content (AvgIpc) is 4.23. The van der Waals surface area contributed by atoms with Gasteiger partial charge < -0.3 is 8.83 Å². The summed E-state index contributed by atoms with van der Waals surface area (Å²) >= 11 is 1.77. The molecule has 0 saturated carbocycles. The van der Waals surface area contributed by atoms with Gasteiger partial charge in [0.25, 0.3) is 0 Å². The van der Waals surface area contributed by atoms with Gasteiger partial charge >= 0.3 is 0 Å². The van der Waals surface area contributed by atoms with Crippen LogP contribution in [-0.4, -0.2) is 15.0 Å². The van der Waals surface area contributed by atoms with Gasteiger partial charge in [-0.1, -0.05) is 164 Å². The fourth-order valence-corrected chi connectivity index (χ4v) is 13.4. The van der Waals surface area contributed by atoms with Crippen LogP contribution in [0, 0.1) is 0 Å². The van der Waals surface area contributed by atoms with Gasteiger partial charge in [0, 0.05) is 58.4 Å². The molecule has 2 aliphatic carbocycles. The summed E-state index contributed by atoms with van der Waals surface area (Å²) in [5.41, 5.74) is 17.8. The molecule has 70 heavy (non-hydrogen) atoms. The van der Waals surface area contributed by atoms with Gasteiger partial charge in [-0.25, -0.2) is 15.0 Å². The number of hydrogen-bond acceptors (Lipinski definition) is 6. The van der Waals surface area contributed by atoms with Crippen molar-refractivity contribution >= 4 is 75.4 Å². The van der Waals surface area contributed by atoms with Gasteiger partial charge in [-0.15, -0.1) is 11.3 Å². The van der Waals surface area contributed by atoms with Crippen molar-refractivity contribution in [1.29, 1.82) is 0 Å². The lowest BCUT2D eigenvalue weighted by molar-refractivity contribution is 0.668. The summed E-state index contributed by atoms with van der Waals surface area (Å²) in [5, 5.41) is 6.33. The number of benzene rings is 10.